The van der Waals surface area contributed by atoms with Gasteiger partial charge in [0.25, 0.3) is 0 Å². The lowest BCUT2D eigenvalue weighted by Crippen LogP contribution is -2.32. The molecule has 0 aliphatic heterocycles. The lowest BCUT2D eigenvalue weighted by molar-refractivity contribution is 0.199. The molecule has 0 bridgehead atoms. The van der Waals surface area contributed by atoms with Crippen LogP contribution in [0.4, 0.5) is 5.82 Å². The molecule has 3 aromatic rings. The van der Waals surface area contributed by atoms with Gasteiger partial charge in [0.05, 0.1) is 17.6 Å². The quantitative estimate of drug-likeness (QED) is 0.343. The minimum Gasteiger partial charge on any atom is -0.384 e. The number of benzene rings is 1. The number of methoxy groups -OCH3 is 1. The summed E-state index contributed by atoms with van der Waals surface area (Å²) in [6.45, 7) is 8.92. The second-order valence-electron chi connectivity index (χ2n) is 8.19. The standard InChI is InChI=1S/C21H32N6OS/c1-21(2,3)26-29-23-12-7-8-13-27-17(11-14-28-4)25-18-19(27)15-9-5-6-10-16(15)24-20(18)22/h5-6,9-10,23,26H,7-8,11-14H2,1-4H3,(H2,22,24). The third-order valence-corrected chi connectivity index (χ3v) is 5.62. The number of nitrogen functional groups attached to an aromatic ring is 1. The number of hydrogen-bond donors (Lipinski definition) is 3. The number of ether oxygens (including phenoxy) is 1. The lowest BCUT2D eigenvalue weighted by Gasteiger charge is -2.19. The van der Waals surface area contributed by atoms with Crippen molar-refractivity contribution in [2.45, 2.75) is 52.1 Å². The van der Waals surface area contributed by atoms with Gasteiger partial charge in [-0.3, -0.25) is 4.72 Å². The van der Waals surface area contributed by atoms with Crippen LogP contribution >= 0.6 is 12.1 Å². The van der Waals surface area contributed by atoms with Gasteiger partial charge < -0.3 is 15.0 Å². The van der Waals surface area contributed by atoms with Crippen LogP contribution in [0.25, 0.3) is 21.9 Å². The number of imidazole rings is 1. The molecule has 158 valence electrons. The van der Waals surface area contributed by atoms with E-state index in [1.165, 1.54) is 0 Å². The highest BCUT2D eigenvalue weighted by Crippen LogP contribution is 2.29. The fourth-order valence-electron chi connectivity index (χ4n) is 3.24. The Labute approximate surface area is 177 Å². The van der Waals surface area contributed by atoms with Gasteiger partial charge in [-0.25, -0.2) is 14.7 Å². The van der Waals surface area contributed by atoms with Crippen molar-refractivity contribution in [1.82, 2.24) is 24.0 Å². The SMILES string of the molecule is COCCc1nc2c(N)nc3ccccc3c2n1CCCCNSNC(C)(C)C. The van der Waals surface area contributed by atoms with Crippen molar-refractivity contribution in [3.05, 3.63) is 30.1 Å². The molecule has 0 aliphatic carbocycles. The third-order valence-electron chi connectivity index (χ3n) is 4.56. The van der Waals surface area contributed by atoms with E-state index in [4.69, 9.17) is 15.5 Å². The molecule has 0 amide bonds. The van der Waals surface area contributed by atoms with E-state index < -0.39 is 0 Å². The van der Waals surface area contributed by atoms with Gasteiger partial charge >= 0.3 is 0 Å². The molecular weight excluding hydrogens is 384 g/mol. The van der Waals surface area contributed by atoms with Crippen molar-refractivity contribution in [3.63, 3.8) is 0 Å². The summed E-state index contributed by atoms with van der Waals surface area (Å²) in [6, 6.07) is 8.12. The van der Waals surface area contributed by atoms with Gasteiger partial charge in [0.1, 0.15) is 11.3 Å². The van der Waals surface area contributed by atoms with Crippen LogP contribution in [-0.4, -0.2) is 40.3 Å². The minimum absolute atomic E-state index is 0.0959. The summed E-state index contributed by atoms with van der Waals surface area (Å²) < 4.78 is 14.3. The average Bonchev–Trinajstić information content (AvgIpc) is 3.04. The molecule has 2 heterocycles. The van der Waals surface area contributed by atoms with Gasteiger partial charge in [-0.15, -0.1) is 0 Å². The minimum atomic E-state index is 0.0959. The number of hydrogen-bond acceptors (Lipinski definition) is 7. The molecule has 8 heteroatoms. The van der Waals surface area contributed by atoms with Crippen LogP contribution in [0.5, 0.6) is 0 Å². The highest BCUT2D eigenvalue weighted by atomic mass is 32.2. The second-order valence-corrected chi connectivity index (χ2v) is 8.89. The van der Waals surface area contributed by atoms with E-state index >= 15 is 0 Å². The van der Waals surface area contributed by atoms with Gasteiger partial charge in [0, 0.05) is 49.7 Å². The average molecular weight is 417 g/mol. The number of unbranched alkanes of at least 4 members (excludes halogenated alkanes) is 1. The highest BCUT2D eigenvalue weighted by Gasteiger charge is 2.17. The first kappa shape index (κ1) is 21.8. The summed E-state index contributed by atoms with van der Waals surface area (Å²) >= 11 is 1.57. The van der Waals surface area contributed by atoms with Gasteiger partial charge in [0.2, 0.25) is 0 Å². The fraction of sp³-hybridized carbons (Fsp3) is 0.524. The third kappa shape index (κ3) is 5.60. The van der Waals surface area contributed by atoms with Crippen molar-refractivity contribution >= 4 is 39.9 Å². The highest BCUT2D eigenvalue weighted by molar-refractivity contribution is 7.95. The largest absolute Gasteiger partial charge is 0.384 e. The van der Waals surface area contributed by atoms with Crippen molar-refractivity contribution in [1.29, 1.82) is 0 Å². The topological polar surface area (TPSA) is 90.0 Å². The first-order chi connectivity index (χ1) is 13.9. The first-order valence-corrected chi connectivity index (χ1v) is 10.9. The smallest absolute Gasteiger partial charge is 0.152 e. The number of nitrogens with two attached hydrogens (primary N) is 1. The van der Waals surface area contributed by atoms with Crippen LogP contribution in [0.1, 0.15) is 39.4 Å². The number of aromatic nitrogens is 3. The van der Waals surface area contributed by atoms with E-state index in [2.05, 4.69) is 45.8 Å². The summed E-state index contributed by atoms with van der Waals surface area (Å²) in [7, 11) is 1.72. The number of pyridine rings is 1. The number of nitrogens with one attached hydrogen (secondary N) is 2. The molecule has 2 aromatic heterocycles. The molecule has 29 heavy (non-hydrogen) atoms. The zero-order valence-electron chi connectivity index (χ0n) is 17.8. The van der Waals surface area contributed by atoms with Crippen LogP contribution in [-0.2, 0) is 17.7 Å². The van der Waals surface area contributed by atoms with E-state index in [1.54, 1.807) is 19.2 Å². The van der Waals surface area contributed by atoms with Gasteiger partial charge in [0.15, 0.2) is 5.82 Å². The second kappa shape index (κ2) is 9.75. The number of fused-ring (bicyclic) bond motifs is 3. The molecule has 0 saturated carbocycles. The van der Waals surface area contributed by atoms with E-state index in [1.807, 2.05) is 18.2 Å². The molecule has 7 nitrogen and oxygen atoms in total. The Bertz CT molecular complexity index is 950. The van der Waals surface area contributed by atoms with Crippen LogP contribution in [0.3, 0.4) is 0 Å². The molecule has 4 N–H and O–H groups in total. The van der Waals surface area contributed by atoms with E-state index in [0.717, 1.165) is 60.1 Å². The maximum Gasteiger partial charge on any atom is 0.152 e. The summed E-state index contributed by atoms with van der Waals surface area (Å²) in [4.78, 5) is 9.36. The number of anilines is 1. The Morgan fingerprint density at radius 2 is 1.97 bits per heavy atom. The summed E-state index contributed by atoms with van der Waals surface area (Å²) in [6.07, 6.45) is 2.87. The number of nitrogens with zero attached hydrogens (tertiary/aromatic N) is 3. The molecule has 0 spiro atoms. The Morgan fingerprint density at radius 3 is 2.72 bits per heavy atom. The lowest BCUT2D eigenvalue weighted by atomic mass is 10.1. The van der Waals surface area contributed by atoms with Crippen molar-refractivity contribution in [2.24, 2.45) is 0 Å². The molecule has 0 saturated heterocycles. The monoisotopic (exact) mass is 416 g/mol. The van der Waals surface area contributed by atoms with Crippen molar-refractivity contribution < 1.29 is 4.74 Å². The van der Waals surface area contributed by atoms with Crippen LogP contribution < -0.4 is 15.2 Å². The zero-order chi connectivity index (χ0) is 20.9. The zero-order valence-corrected chi connectivity index (χ0v) is 18.6. The Balaban J connectivity index is 1.76. The van der Waals surface area contributed by atoms with Crippen molar-refractivity contribution in [3.8, 4) is 0 Å². The predicted molar refractivity (Wildman–Crippen MR) is 123 cm³/mol. The fourth-order valence-corrected chi connectivity index (χ4v) is 3.86. The maximum atomic E-state index is 6.24. The molecule has 3 rings (SSSR count). The van der Waals surface area contributed by atoms with Crippen LogP contribution in [0, 0.1) is 0 Å². The number of aryl methyl sites for hydroxylation is 1. The van der Waals surface area contributed by atoms with Crippen LogP contribution in [0.2, 0.25) is 0 Å². The van der Waals surface area contributed by atoms with E-state index in [-0.39, 0.29) is 5.54 Å². The molecular formula is C21H32N6OS. The van der Waals surface area contributed by atoms with Crippen LogP contribution in [0.15, 0.2) is 24.3 Å². The Morgan fingerprint density at radius 1 is 1.17 bits per heavy atom. The Hall–Kier alpha value is -1.87. The number of rotatable bonds is 10. The molecule has 1 aromatic carbocycles. The van der Waals surface area contributed by atoms with E-state index in [9.17, 15) is 0 Å². The summed E-state index contributed by atoms with van der Waals surface area (Å²) in [5.41, 5.74) is 9.11. The van der Waals surface area contributed by atoms with E-state index in [0.29, 0.717) is 12.4 Å². The molecule has 0 unspecified atom stereocenters. The molecule has 0 atom stereocenters. The predicted octanol–water partition coefficient (Wildman–Crippen LogP) is 3.68. The maximum absolute atomic E-state index is 6.24. The molecule has 0 radical (unpaired) electrons. The number of para-hydroxylation sites is 1. The molecule has 0 fully saturated rings. The first-order valence-electron chi connectivity index (χ1n) is 10.1. The summed E-state index contributed by atoms with van der Waals surface area (Å²) in [5, 5.41) is 1.09. The van der Waals surface area contributed by atoms with Gasteiger partial charge in [-0.1, -0.05) is 18.2 Å². The molecule has 0 aliphatic rings. The van der Waals surface area contributed by atoms with Gasteiger partial charge in [-0.2, -0.15) is 0 Å². The normalized spacial score (nSPS) is 12.3. The Kier molecular flexibility index (Phi) is 7.34. The summed E-state index contributed by atoms with van der Waals surface area (Å²) in [5.74, 6) is 1.49. The van der Waals surface area contributed by atoms with Crippen molar-refractivity contribution in [2.75, 3.05) is 26.0 Å². The van der Waals surface area contributed by atoms with Gasteiger partial charge in [-0.05, 0) is 39.7 Å².